The van der Waals surface area contributed by atoms with Crippen molar-refractivity contribution in [1.29, 1.82) is 0 Å². The van der Waals surface area contributed by atoms with Crippen molar-refractivity contribution in [1.82, 2.24) is 4.98 Å². The molecule has 1 aromatic heterocycles. The fraction of sp³-hybridized carbons (Fsp3) is 0.211. The van der Waals surface area contributed by atoms with Gasteiger partial charge in [-0.15, -0.1) is 0 Å². The SMILES string of the molecule is CCC(c1ccccc1)C(N)c1cccc2ccncc12. The van der Waals surface area contributed by atoms with Crippen LogP contribution in [0, 0.1) is 0 Å². The summed E-state index contributed by atoms with van der Waals surface area (Å²) in [6.45, 7) is 2.20. The average Bonchev–Trinajstić information content (AvgIpc) is 2.56. The Labute approximate surface area is 125 Å². The number of nitrogens with two attached hydrogens (primary N) is 1. The van der Waals surface area contributed by atoms with Gasteiger partial charge in [0.05, 0.1) is 0 Å². The van der Waals surface area contributed by atoms with E-state index >= 15 is 0 Å². The Morgan fingerprint density at radius 2 is 1.81 bits per heavy atom. The molecule has 2 nitrogen and oxygen atoms in total. The predicted octanol–water partition coefficient (Wildman–Crippen LogP) is 4.43. The summed E-state index contributed by atoms with van der Waals surface area (Å²) in [4.78, 5) is 4.26. The molecular formula is C19H20N2. The first-order chi connectivity index (χ1) is 10.3. The Hall–Kier alpha value is -2.19. The lowest BCUT2D eigenvalue weighted by Gasteiger charge is -2.24. The maximum atomic E-state index is 6.62. The van der Waals surface area contributed by atoms with Crippen molar-refractivity contribution in [2.45, 2.75) is 25.3 Å². The molecule has 3 rings (SSSR count). The summed E-state index contributed by atoms with van der Waals surface area (Å²) in [6, 6.07) is 18.9. The van der Waals surface area contributed by atoms with Crippen molar-refractivity contribution in [2.75, 3.05) is 0 Å². The predicted molar refractivity (Wildman–Crippen MR) is 88.1 cm³/mol. The second-order valence-electron chi connectivity index (χ2n) is 5.40. The molecule has 2 atom stereocenters. The molecule has 0 spiro atoms. The minimum absolute atomic E-state index is 0.0229. The Morgan fingerprint density at radius 3 is 2.57 bits per heavy atom. The van der Waals surface area contributed by atoms with Crippen LogP contribution in [0.4, 0.5) is 0 Å². The molecule has 0 radical (unpaired) electrons. The maximum absolute atomic E-state index is 6.62. The molecule has 0 saturated carbocycles. The summed E-state index contributed by atoms with van der Waals surface area (Å²) in [5, 5.41) is 2.35. The van der Waals surface area contributed by atoms with Gasteiger partial charge in [-0.25, -0.2) is 0 Å². The highest BCUT2D eigenvalue weighted by atomic mass is 14.7. The zero-order chi connectivity index (χ0) is 14.7. The minimum Gasteiger partial charge on any atom is -0.323 e. The molecule has 0 aliphatic carbocycles. The van der Waals surface area contributed by atoms with E-state index in [1.54, 1.807) is 0 Å². The van der Waals surface area contributed by atoms with Gasteiger partial charge >= 0.3 is 0 Å². The number of rotatable bonds is 4. The van der Waals surface area contributed by atoms with Crippen molar-refractivity contribution in [3.63, 3.8) is 0 Å². The molecule has 0 fully saturated rings. The summed E-state index contributed by atoms with van der Waals surface area (Å²) in [7, 11) is 0. The molecule has 0 amide bonds. The lowest BCUT2D eigenvalue weighted by molar-refractivity contribution is 0.542. The van der Waals surface area contributed by atoms with Crippen LogP contribution in [0.5, 0.6) is 0 Å². The summed E-state index contributed by atoms with van der Waals surface area (Å²) >= 11 is 0. The Bertz CT molecular complexity index is 716. The van der Waals surface area contributed by atoms with Crippen LogP contribution in [0.2, 0.25) is 0 Å². The van der Waals surface area contributed by atoms with Gasteiger partial charge in [-0.05, 0) is 29.0 Å². The molecule has 2 N–H and O–H groups in total. The highest BCUT2D eigenvalue weighted by Crippen LogP contribution is 2.34. The van der Waals surface area contributed by atoms with Crippen molar-refractivity contribution in [3.05, 3.63) is 78.1 Å². The zero-order valence-electron chi connectivity index (χ0n) is 12.2. The first kappa shape index (κ1) is 13.8. The normalized spacial score (nSPS) is 14.0. The lowest BCUT2D eigenvalue weighted by Crippen LogP contribution is -2.19. The van der Waals surface area contributed by atoms with Gasteiger partial charge in [0.2, 0.25) is 0 Å². The fourth-order valence-corrected chi connectivity index (χ4v) is 3.04. The van der Waals surface area contributed by atoms with Crippen molar-refractivity contribution in [2.24, 2.45) is 5.73 Å². The van der Waals surface area contributed by atoms with Gasteiger partial charge < -0.3 is 5.73 Å². The van der Waals surface area contributed by atoms with E-state index in [0.717, 1.165) is 11.8 Å². The largest absolute Gasteiger partial charge is 0.323 e. The van der Waals surface area contributed by atoms with Crippen LogP contribution in [0.1, 0.15) is 36.4 Å². The van der Waals surface area contributed by atoms with Crippen molar-refractivity contribution < 1.29 is 0 Å². The van der Waals surface area contributed by atoms with Crippen molar-refractivity contribution >= 4 is 10.8 Å². The van der Waals surface area contributed by atoms with E-state index in [1.807, 2.05) is 24.5 Å². The molecule has 21 heavy (non-hydrogen) atoms. The Morgan fingerprint density at radius 1 is 1.00 bits per heavy atom. The van der Waals surface area contributed by atoms with Gasteiger partial charge in [-0.1, -0.05) is 55.5 Å². The number of hydrogen-bond donors (Lipinski definition) is 1. The van der Waals surface area contributed by atoms with E-state index in [0.29, 0.717) is 5.92 Å². The number of nitrogens with zero attached hydrogens (tertiary/aromatic N) is 1. The molecule has 106 valence electrons. The van der Waals surface area contributed by atoms with Crippen LogP contribution in [0.3, 0.4) is 0 Å². The zero-order valence-corrected chi connectivity index (χ0v) is 12.2. The smallest absolute Gasteiger partial charge is 0.0371 e. The molecule has 1 heterocycles. The standard InChI is InChI=1S/C19H20N2/c1-2-16(14-7-4-3-5-8-14)19(20)17-10-6-9-15-11-12-21-13-18(15)17/h3-13,16,19H,2,20H2,1H3. The Kier molecular flexibility index (Phi) is 3.98. The number of hydrogen-bond acceptors (Lipinski definition) is 2. The molecule has 2 aromatic carbocycles. The molecule has 0 aliphatic rings. The van der Waals surface area contributed by atoms with Gasteiger partial charge in [0.25, 0.3) is 0 Å². The molecule has 0 saturated heterocycles. The van der Waals surface area contributed by atoms with E-state index in [1.165, 1.54) is 16.5 Å². The molecule has 2 heteroatoms. The van der Waals surface area contributed by atoms with Gasteiger partial charge in [-0.3, -0.25) is 4.98 Å². The van der Waals surface area contributed by atoms with E-state index < -0.39 is 0 Å². The maximum Gasteiger partial charge on any atom is 0.0371 e. The highest BCUT2D eigenvalue weighted by molar-refractivity contribution is 5.85. The van der Waals surface area contributed by atoms with Gasteiger partial charge in [0, 0.05) is 29.7 Å². The van der Waals surface area contributed by atoms with Crippen LogP contribution in [-0.2, 0) is 0 Å². The van der Waals surface area contributed by atoms with E-state index in [4.69, 9.17) is 5.73 Å². The van der Waals surface area contributed by atoms with Crippen molar-refractivity contribution in [3.8, 4) is 0 Å². The second kappa shape index (κ2) is 6.06. The van der Waals surface area contributed by atoms with E-state index in [2.05, 4.69) is 54.4 Å². The number of pyridine rings is 1. The van der Waals surface area contributed by atoms with Gasteiger partial charge in [0.15, 0.2) is 0 Å². The molecule has 0 bridgehead atoms. The summed E-state index contributed by atoms with van der Waals surface area (Å²) in [5.41, 5.74) is 9.10. The second-order valence-corrected chi connectivity index (χ2v) is 5.40. The number of fused-ring (bicyclic) bond motifs is 1. The molecular weight excluding hydrogens is 256 g/mol. The van der Waals surface area contributed by atoms with Gasteiger partial charge in [-0.2, -0.15) is 0 Å². The van der Waals surface area contributed by atoms with E-state index in [9.17, 15) is 0 Å². The van der Waals surface area contributed by atoms with Crippen LogP contribution >= 0.6 is 0 Å². The third kappa shape index (κ3) is 2.67. The third-order valence-electron chi connectivity index (χ3n) is 4.18. The highest BCUT2D eigenvalue weighted by Gasteiger charge is 2.21. The van der Waals surface area contributed by atoms with Crippen LogP contribution < -0.4 is 5.73 Å². The quantitative estimate of drug-likeness (QED) is 0.765. The summed E-state index contributed by atoms with van der Waals surface area (Å²) in [5.74, 6) is 0.317. The van der Waals surface area contributed by atoms with Crippen LogP contribution in [0.25, 0.3) is 10.8 Å². The van der Waals surface area contributed by atoms with Crippen LogP contribution in [-0.4, -0.2) is 4.98 Å². The topological polar surface area (TPSA) is 38.9 Å². The monoisotopic (exact) mass is 276 g/mol. The lowest BCUT2D eigenvalue weighted by atomic mass is 9.84. The van der Waals surface area contributed by atoms with E-state index in [-0.39, 0.29) is 6.04 Å². The minimum atomic E-state index is -0.0229. The first-order valence-electron chi connectivity index (χ1n) is 7.44. The summed E-state index contributed by atoms with van der Waals surface area (Å²) < 4.78 is 0. The first-order valence-corrected chi connectivity index (χ1v) is 7.44. The number of aromatic nitrogens is 1. The van der Waals surface area contributed by atoms with Gasteiger partial charge in [0.1, 0.15) is 0 Å². The molecule has 3 aromatic rings. The Balaban J connectivity index is 2.05. The van der Waals surface area contributed by atoms with Crippen LogP contribution in [0.15, 0.2) is 67.0 Å². The molecule has 2 unspecified atom stereocenters. The fourth-order valence-electron chi connectivity index (χ4n) is 3.04. The third-order valence-corrected chi connectivity index (χ3v) is 4.18. The average molecular weight is 276 g/mol. The summed E-state index contributed by atoms with van der Waals surface area (Å²) in [6.07, 6.45) is 4.76. The number of benzene rings is 2. The molecule has 0 aliphatic heterocycles.